The molecule has 3 N–H and O–H groups in total. The standard InChI is InChI=1S/C16H19ClN2O2/c1-20-12-8-6-11(7-9-12)19-14(10-18)16-13(17)4-3-5-15(16)21-2/h3-9,14,19H,10,18H2,1-2H3. The largest absolute Gasteiger partial charge is 0.497 e. The summed E-state index contributed by atoms with van der Waals surface area (Å²) in [7, 11) is 3.26. The van der Waals surface area contributed by atoms with Gasteiger partial charge in [0.25, 0.3) is 0 Å². The summed E-state index contributed by atoms with van der Waals surface area (Å²) >= 11 is 6.30. The summed E-state index contributed by atoms with van der Waals surface area (Å²) in [5, 5.41) is 4.00. The Kier molecular flexibility index (Phi) is 5.31. The summed E-state index contributed by atoms with van der Waals surface area (Å²) < 4.78 is 10.5. The molecule has 4 nitrogen and oxygen atoms in total. The monoisotopic (exact) mass is 306 g/mol. The summed E-state index contributed by atoms with van der Waals surface area (Å²) in [4.78, 5) is 0. The second-order valence-electron chi connectivity index (χ2n) is 4.52. The van der Waals surface area contributed by atoms with Gasteiger partial charge in [-0.3, -0.25) is 0 Å². The zero-order valence-electron chi connectivity index (χ0n) is 12.1. The molecule has 0 saturated carbocycles. The van der Waals surface area contributed by atoms with Crippen molar-refractivity contribution in [1.82, 2.24) is 0 Å². The summed E-state index contributed by atoms with van der Waals surface area (Å²) in [6.07, 6.45) is 0. The third-order valence-electron chi connectivity index (χ3n) is 3.25. The Bertz CT molecular complexity index is 587. The van der Waals surface area contributed by atoms with Gasteiger partial charge in [0, 0.05) is 22.8 Å². The van der Waals surface area contributed by atoms with Crippen LogP contribution in [-0.2, 0) is 0 Å². The van der Waals surface area contributed by atoms with Gasteiger partial charge in [0.1, 0.15) is 11.5 Å². The Hall–Kier alpha value is -1.91. The molecule has 112 valence electrons. The molecule has 21 heavy (non-hydrogen) atoms. The predicted molar refractivity (Wildman–Crippen MR) is 86.4 cm³/mol. The number of nitrogens with two attached hydrogens (primary N) is 1. The van der Waals surface area contributed by atoms with Crippen molar-refractivity contribution in [3.05, 3.63) is 53.1 Å². The van der Waals surface area contributed by atoms with E-state index in [1.807, 2.05) is 42.5 Å². The van der Waals surface area contributed by atoms with Crippen LogP contribution in [0.3, 0.4) is 0 Å². The van der Waals surface area contributed by atoms with E-state index in [0.29, 0.717) is 11.6 Å². The van der Waals surface area contributed by atoms with E-state index in [4.69, 9.17) is 26.8 Å². The van der Waals surface area contributed by atoms with Crippen LogP contribution < -0.4 is 20.5 Å². The van der Waals surface area contributed by atoms with E-state index in [0.717, 1.165) is 22.7 Å². The van der Waals surface area contributed by atoms with Crippen molar-refractivity contribution in [3.63, 3.8) is 0 Å². The highest BCUT2D eigenvalue weighted by Gasteiger charge is 2.18. The molecule has 0 amide bonds. The number of nitrogens with one attached hydrogen (secondary N) is 1. The van der Waals surface area contributed by atoms with Crippen LogP contribution in [0.1, 0.15) is 11.6 Å². The van der Waals surface area contributed by atoms with Crippen molar-refractivity contribution < 1.29 is 9.47 Å². The van der Waals surface area contributed by atoms with Crippen molar-refractivity contribution in [2.75, 3.05) is 26.1 Å². The predicted octanol–water partition coefficient (Wildman–Crippen LogP) is 3.47. The molecule has 5 heteroatoms. The molecule has 0 spiro atoms. The van der Waals surface area contributed by atoms with E-state index in [1.165, 1.54) is 0 Å². The molecule has 0 aliphatic carbocycles. The summed E-state index contributed by atoms with van der Waals surface area (Å²) in [5.41, 5.74) is 7.70. The Morgan fingerprint density at radius 3 is 2.38 bits per heavy atom. The highest BCUT2D eigenvalue weighted by atomic mass is 35.5. The van der Waals surface area contributed by atoms with E-state index in [1.54, 1.807) is 14.2 Å². The average molecular weight is 307 g/mol. The molecular formula is C16H19ClN2O2. The van der Waals surface area contributed by atoms with Crippen LogP contribution in [-0.4, -0.2) is 20.8 Å². The van der Waals surface area contributed by atoms with Crippen LogP contribution in [0.25, 0.3) is 0 Å². The molecule has 2 aromatic rings. The second-order valence-corrected chi connectivity index (χ2v) is 4.92. The lowest BCUT2D eigenvalue weighted by atomic mass is 10.0. The Balaban J connectivity index is 2.27. The van der Waals surface area contributed by atoms with Crippen molar-refractivity contribution in [3.8, 4) is 11.5 Å². The maximum Gasteiger partial charge on any atom is 0.125 e. The average Bonchev–Trinajstić information content (AvgIpc) is 2.53. The zero-order chi connectivity index (χ0) is 15.2. The third-order valence-corrected chi connectivity index (χ3v) is 3.58. The number of benzene rings is 2. The van der Waals surface area contributed by atoms with Gasteiger partial charge < -0.3 is 20.5 Å². The molecule has 0 bridgehead atoms. The molecule has 2 rings (SSSR count). The number of anilines is 1. The first-order valence-corrected chi connectivity index (χ1v) is 7.00. The van der Waals surface area contributed by atoms with E-state index in [2.05, 4.69) is 5.32 Å². The number of methoxy groups -OCH3 is 2. The minimum atomic E-state index is -0.137. The van der Waals surface area contributed by atoms with Gasteiger partial charge in [-0.2, -0.15) is 0 Å². The van der Waals surface area contributed by atoms with Crippen LogP contribution in [0.4, 0.5) is 5.69 Å². The molecular weight excluding hydrogens is 288 g/mol. The Morgan fingerprint density at radius 2 is 1.81 bits per heavy atom. The number of hydrogen-bond acceptors (Lipinski definition) is 4. The Morgan fingerprint density at radius 1 is 1.10 bits per heavy atom. The topological polar surface area (TPSA) is 56.5 Å². The molecule has 1 atom stereocenters. The van der Waals surface area contributed by atoms with Gasteiger partial charge in [0.05, 0.1) is 20.3 Å². The molecule has 0 radical (unpaired) electrons. The molecule has 0 saturated heterocycles. The van der Waals surface area contributed by atoms with Gasteiger partial charge in [0.2, 0.25) is 0 Å². The van der Waals surface area contributed by atoms with Crippen LogP contribution in [0, 0.1) is 0 Å². The molecule has 0 aliphatic rings. The van der Waals surface area contributed by atoms with Gasteiger partial charge in [0.15, 0.2) is 0 Å². The van der Waals surface area contributed by atoms with E-state index < -0.39 is 0 Å². The van der Waals surface area contributed by atoms with Crippen molar-refractivity contribution in [1.29, 1.82) is 0 Å². The molecule has 0 aliphatic heterocycles. The summed E-state index contributed by atoms with van der Waals surface area (Å²) in [5.74, 6) is 1.53. The van der Waals surface area contributed by atoms with E-state index >= 15 is 0 Å². The quantitative estimate of drug-likeness (QED) is 0.858. The number of hydrogen-bond donors (Lipinski definition) is 2. The number of ether oxygens (including phenoxy) is 2. The van der Waals surface area contributed by atoms with E-state index in [-0.39, 0.29) is 6.04 Å². The van der Waals surface area contributed by atoms with Crippen molar-refractivity contribution in [2.45, 2.75) is 6.04 Å². The van der Waals surface area contributed by atoms with Gasteiger partial charge in [-0.15, -0.1) is 0 Å². The number of rotatable bonds is 6. The van der Waals surface area contributed by atoms with Gasteiger partial charge in [-0.05, 0) is 36.4 Å². The second kappa shape index (κ2) is 7.20. The SMILES string of the molecule is COc1ccc(NC(CN)c2c(Cl)cccc2OC)cc1. The van der Waals surface area contributed by atoms with Crippen LogP contribution >= 0.6 is 11.6 Å². The van der Waals surface area contributed by atoms with E-state index in [9.17, 15) is 0 Å². The zero-order valence-corrected chi connectivity index (χ0v) is 12.9. The fraction of sp³-hybridized carbons (Fsp3) is 0.250. The lowest BCUT2D eigenvalue weighted by molar-refractivity contribution is 0.407. The lowest BCUT2D eigenvalue weighted by Gasteiger charge is -2.22. The summed E-state index contributed by atoms with van der Waals surface area (Å²) in [6, 6.07) is 13.1. The number of halogens is 1. The lowest BCUT2D eigenvalue weighted by Crippen LogP contribution is -2.21. The summed E-state index contributed by atoms with van der Waals surface area (Å²) in [6.45, 7) is 0.395. The Labute approximate surface area is 129 Å². The molecule has 0 aromatic heterocycles. The van der Waals surface area contributed by atoms with Crippen molar-refractivity contribution >= 4 is 17.3 Å². The first-order chi connectivity index (χ1) is 10.2. The maximum atomic E-state index is 6.30. The van der Waals surface area contributed by atoms with Gasteiger partial charge in [-0.25, -0.2) is 0 Å². The molecule has 0 fully saturated rings. The maximum absolute atomic E-state index is 6.30. The molecule has 2 aromatic carbocycles. The minimum Gasteiger partial charge on any atom is -0.497 e. The van der Waals surface area contributed by atoms with Crippen LogP contribution in [0.5, 0.6) is 11.5 Å². The molecule has 1 unspecified atom stereocenters. The van der Waals surface area contributed by atoms with Crippen LogP contribution in [0.15, 0.2) is 42.5 Å². The first kappa shape index (κ1) is 15.5. The van der Waals surface area contributed by atoms with Crippen LogP contribution in [0.2, 0.25) is 5.02 Å². The molecule has 0 heterocycles. The van der Waals surface area contributed by atoms with Gasteiger partial charge in [-0.1, -0.05) is 17.7 Å². The normalized spacial score (nSPS) is 11.8. The highest BCUT2D eigenvalue weighted by Crippen LogP contribution is 2.33. The first-order valence-electron chi connectivity index (χ1n) is 6.62. The smallest absolute Gasteiger partial charge is 0.125 e. The third kappa shape index (κ3) is 3.60. The van der Waals surface area contributed by atoms with Crippen molar-refractivity contribution in [2.24, 2.45) is 5.73 Å². The fourth-order valence-corrected chi connectivity index (χ4v) is 2.47. The van der Waals surface area contributed by atoms with Gasteiger partial charge >= 0.3 is 0 Å². The minimum absolute atomic E-state index is 0.137. The fourth-order valence-electron chi connectivity index (χ4n) is 2.17. The highest BCUT2D eigenvalue weighted by molar-refractivity contribution is 6.31.